The highest BCUT2D eigenvalue weighted by Gasteiger charge is 2.23. The van der Waals surface area contributed by atoms with Crippen molar-refractivity contribution in [3.05, 3.63) is 90.0 Å². The summed E-state index contributed by atoms with van der Waals surface area (Å²) in [7, 11) is -2.47. The van der Waals surface area contributed by atoms with E-state index in [1.807, 2.05) is 6.07 Å². The van der Waals surface area contributed by atoms with E-state index in [2.05, 4.69) is 15.4 Å². The zero-order valence-corrected chi connectivity index (χ0v) is 20.2. The highest BCUT2D eigenvalue weighted by Crippen LogP contribution is 2.24. The Labute approximate surface area is 203 Å². The lowest BCUT2D eigenvalue weighted by Crippen LogP contribution is -2.34. The van der Waals surface area contributed by atoms with Gasteiger partial charge in [-0.15, -0.1) is 0 Å². The van der Waals surface area contributed by atoms with E-state index in [1.54, 1.807) is 43.3 Å². The lowest BCUT2D eigenvalue weighted by atomic mass is 10.1. The van der Waals surface area contributed by atoms with Gasteiger partial charge in [-0.05, 0) is 79.8 Å². The quantitative estimate of drug-likeness (QED) is 0.378. The first-order chi connectivity index (χ1) is 16.3. The molecule has 0 saturated heterocycles. The molecule has 0 radical (unpaired) electrons. The van der Waals surface area contributed by atoms with Gasteiger partial charge in [-0.3, -0.25) is 14.4 Å². The van der Waals surface area contributed by atoms with Crippen molar-refractivity contribution in [3.8, 4) is 0 Å². The second-order valence-corrected chi connectivity index (χ2v) is 9.28. The van der Waals surface area contributed by atoms with Crippen LogP contribution in [0.3, 0.4) is 0 Å². The van der Waals surface area contributed by atoms with Gasteiger partial charge >= 0.3 is 5.97 Å². The van der Waals surface area contributed by atoms with Gasteiger partial charge in [-0.25, -0.2) is 13.2 Å². The molecule has 8 nitrogen and oxygen atoms in total. The summed E-state index contributed by atoms with van der Waals surface area (Å²) in [6.07, 6.45) is 0. The van der Waals surface area contributed by atoms with E-state index in [-0.39, 0.29) is 16.6 Å². The molecule has 3 aromatic rings. The number of esters is 1. The number of benzene rings is 3. The summed E-state index contributed by atoms with van der Waals surface area (Å²) in [6.45, 7) is 2.05. The fourth-order valence-electron chi connectivity index (χ4n) is 3.14. The number of amides is 1. The monoisotopic (exact) mass is 497 g/mol. The van der Waals surface area contributed by atoms with E-state index in [1.165, 1.54) is 47.8 Å². The number of hydrogen-bond acceptors (Lipinski definition) is 6. The van der Waals surface area contributed by atoms with Gasteiger partial charge < -0.3 is 10.1 Å². The van der Waals surface area contributed by atoms with Crippen LogP contribution in [0.4, 0.5) is 11.4 Å². The van der Waals surface area contributed by atoms with Crippen LogP contribution in [-0.4, -0.2) is 39.1 Å². The molecule has 0 aliphatic rings. The van der Waals surface area contributed by atoms with Gasteiger partial charge in [0, 0.05) is 17.8 Å². The maximum absolute atomic E-state index is 13.1. The number of para-hydroxylation sites is 1. The van der Waals surface area contributed by atoms with E-state index in [9.17, 15) is 18.0 Å². The number of nitrogens with zero attached hydrogens (tertiary/aromatic N) is 1. The third-order valence-electron chi connectivity index (χ3n) is 4.83. The van der Waals surface area contributed by atoms with Crippen molar-refractivity contribution >= 4 is 50.6 Å². The molecule has 2 N–H and O–H groups in total. The number of methoxy groups -OCH3 is 1. The molecule has 3 aromatic carbocycles. The summed E-state index contributed by atoms with van der Waals surface area (Å²) in [5, 5.41) is 5.43. The van der Waals surface area contributed by atoms with Crippen LogP contribution in [0.25, 0.3) is 0 Å². The van der Waals surface area contributed by atoms with Crippen molar-refractivity contribution in [1.29, 1.82) is 0 Å². The van der Waals surface area contributed by atoms with Crippen LogP contribution in [0.15, 0.2) is 83.8 Å². The predicted octanol–water partition coefficient (Wildman–Crippen LogP) is 3.82. The summed E-state index contributed by atoms with van der Waals surface area (Å²) in [5.74, 6) is -0.963. The Morgan fingerprint density at radius 2 is 1.50 bits per heavy atom. The minimum atomic E-state index is -3.75. The number of thiocarbonyl (C=S) groups is 1. The Bertz CT molecular complexity index is 1280. The van der Waals surface area contributed by atoms with Crippen molar-refractivity contribution in [3.63, 3.8) is 0 Å². The topological polar surface area (TPSA) is 105 Å². The van der Waals surface area contributed by atoms with E-state index < -0.39 is 21.9 Å². The van der Waals surface area contributed by atoms with Crippen molar-refractivity contribution in [2.24, 2.45) is 0 Å². The van der Waals surface area contributed by atoms with E-state index in [0.717, 1.165) is 0 Å². The molecular formula is C24H23N3O5S2. The largest absolute Gasteiger partial charge is 0.465 e. The Hall–Kier alpha value is -3.76. The van der Waals surface area contributed by atoms with Crippen molar-refractivity contribution in [2.45, 2.75) is 11.8 Å². The van der Waals surface area contributed by atoms with Crippen molar-refractivity contribution in [1.82, 2.24) is 5.32 Å². The highest BCUT2D eigenvalue weighted by molar-refractivity contribution is 7.92. The number of carbonyl (C=O) groups is 2. The number of anilines is 2. The Balaban J connectivity index is 1.65. The molecule has 0 spiro atoms. The minimum absolute atomic E-state index is 0.0390. The summed E-state index contributed by atoms with van der Waals surface area (Å²) >= 11 is 5.19. The summed E-state index contributed by atoms with van der Waals surface area (Å²) in [4.78, 5) is 24.0. The van der Waals surface area contributed by atoms with Crippen LogP contribution in [0.5, 0.6) is 0 Å². The van der Waals surface area contributed by atoms with Gasteiger partial charge in [-0.2, -0.15) is 0 Å². The maximum Gasteiger partial charge on any atom is 0.337 e. The van der Waals surface area contributed by atoms with Gasteiger partial charge in [0.05, 0.1) is 23.3 Å². The summed E-state index contributed by atoms with van der Waals surface area (Å²) < 4.78 is 32.1. The van der Waals surface area contributed by atoms with Crippen LogP contribution < -0.4 is 14.9 Å². The lowest BCUT2D eigenvalue weighted by molar-refractivity contribution is 0.0600. The number of ether oxygens (including phenoxy) is 1. The Morgan fingerprint density at radius 1 is 0.912 bits per heavy atom. The average molecular weight is 498 g/mol. The molecule has 0 unspecified atom stereocenters. The zero-order chi connectivity index (χ0) is 24.7. The fraction of sp³-hybridized carbons (Fsp3) is 0.125. The minimum Gasteiger partial charge on any atom is -0.465 e. The van der Waals surface area contributed by atoms with Gasteiger partial charge in [0.15, 0.2) is 5.11 Å². The molecule has 0 aromatic heterocycles. The van der Waals surface area contributed by atoms with Crippen molar-refractivity contribution in [2.75, 3.05) is 23.3 Å². The number of carbonyl (C=O) groups excluding carboxylic acids is 2. The van der Waals surface area contributed by atoms with Gasteiger partial charge in [0.25, 0.3) is 15.9 Å². The SMILES string of the molecule is CCN(c1ccccc1)S(=O)(=O)c1ccc(NC(=S)NC(=O)c2ccc(C(=O)OC)cc2)cc1. The van der Waals surface area contributed by atoms with Crippen molar-refractivity contribution < 1.29 is 22.7 Å². The van der Waals surface area contributed by atoms with E-state index in [4.69, 9.17) is 12.2 Å². The van der Waals surface area contributed by atoms with Crippen LogP contribution in [0.1, 0.15) is 27.6 Å². The standard InChI is InChI=1S/C24H23N3O5S2/c1-3-27(20-7-5-4-6-8-20)34(30,31)21-15-13-19(14-16-21)25-24(33)26-22(28)17-9-11-18(12-10-17)23(29)32-2/h4-16H,3H2,1-2H3,(H2,25,26,28,33). The molecule has 0 saturated carbocycles. The Kier molecular flexibility index (Phi) is 7.98. The molecule has 0 bridgehead atoms. The first-order valence-electron chi connectivity index (χ1n) is 10.2. The lowest BCUT2D eigenvalue weighted by Gasteiger charge is -2.23. The number of nitrogens with one attached hydrogen (secondary N) is 2. The van der Waals surface area contributed by atoms with E-state index >= 15 is 0 Å². The summed E-state index contributed by atoms with van der Waals surface area (Å²) in [6, 6.07) is 20.9. The average Bonchev–Trinajstić information content (AvgIpc) is 2.85. The molecule has 176 valence electrons. The molecule has 0 aliphatic heterocycles. The highest BCUT2D eigenvalue weighted by atomic mass is 32.2. The summed E-state index contributed by atoms with van der Waals surface area (Å²) in [5.41, 5.74) is 1.71. The normalized spacial score (nSPS) is 10.8. The first kappa shape index (κ1) is 24.9. The number of hydrogen-bond donors (Lipinski definition) is 2. The Morgan fingerprint density at radius 3 is 2.06 bits per heavy atom. The third kappa shape index (κ3) is 5.77. The second-order valence-electron chi connectivity index (χ2n) is 7.01. The smallest absolute Gasteiger partial charge is 0.337 e. The van der Waals surface area contributed by atoms with Gasteiger partial charge in [0.2, 0.25) is 0 Å². The molecule has 1 amide bonds. The molecule has 34 heavy (non-hydrogen) atoms. The van der Waals surface area contributed by atoms with Crippen LogP contribution in [-0.2, 0) is 14.8 Å². The molecular weight excluding hydrogens is 474 g/mol. The number of rotatable bonds is 7. The van der Waals surface area contributed by atoms with E-state index in [0.29, 0.717) is 22.5 Å². The third-order valence-corrected chi connectivity index (χ3v) is 6.95. The first-order valence-corrected chi connectivity index (χ1v) is 12.1. The molecule has 10 heteroatoms. The molecule has 0 aliphatic carbocycles. The predicted molar refractivity (Wildman–Crippen MR) is 135 cm³/mol. The zero-order valence-electron chi connectivity index (χ0n) is 18.5. The van der Waals surface area contributed by atoms with Crippen LogP contribution in [0.2, 0.25) is 0 Å². The number of sulfonamides is 1. The van der Waals surface area contributed by atoms with Gasteiger partial charge in [0.1, 0.15) is 0 Å². The van der Waals surface area contributed by atoms with Gasteiger partial charge in [-0.1, -0.05) is 18.2 Å². The van der Waals surface area contributed by atoms with Crippen LogP contribution in [0, 0.1) is 0 Å². The molecule has 0 heterocycles. The molecule has 0 fully saturated rings. The maximum atomic E-state index is 13.1. The molecule has 3 rings (SSSR count). The fourth-order valence-corrected chi connectivity index (χ4v) is 4.82. The van der Waals surface area contributed by atoms with Crippen LogP contribution >= 0.6 is 12.2 Å². The molecule has 0 atom stereocenters. The second kappa shape index (κ2) is 10.9.